The smallest absolute Gasteiger partial charge is 0.216 e. The third kappa shape index (κ3) is 7.15. The molecule has 0 bridgehead atoms. The van der Waals surface area contributed by atoms with Crippen molar-refractivity contribution in [1.82, 2.24) is 10.2 Å². The van der Waals surface area contributed by atoms with Crippen molar-refractivity contribution < 1.29 is 9.21 Å². The summed E-state index contributed by atoms with van der Waals surface area (Å²) in [7, 11) is 0. The summed E-state index contributed by atoms with van der Waals surface area (Å²) in [5, 5.41) is 7.64. The second kappa shape index (κ2) is 9.07. The van der Waals surface area contributed by atoms with Crippen LogP contribution >= 0.6 is 0 Å². The van der Waals surface area contributed by atoms with Gasteiger partial charge in [-0.05, 0) is 19.8 Å². The van der Waals surface area contributed by atoms with Gasteiger partial charge in [0.25, 0.3) is 0 Å². The summed E-state index contributed by atoms with van der Waals surface area (Å²) in [6, 6.07) is 0. The second-order valence-electron chi connectivity index (χ2n) is 3.48. The Morgan fingerprint density at radius 2 is 1.88 bits per heavy atom. The lowest BCUT2D eigenvalue weighted by atomic mass is 10.1. The summed E-state index contributed by atoms with van der Waals surface area (Å²) < 4.78 is 5.22. The SMILES string of the molecule is CC.CC(=O)CCCCCc1nnc(C)o1. The van der Waals surface area contributed by atoms with Crippen molar-refractivity contribution in [3.63, 3.8) is 0 Å². The van der Waals surface area contributed by atoms with Crippen molar-refractivity contribution in [2.24, 2.45) is 0 Å². The fraction of sp³-hybridized carbons (Fsp3) is 0.750. The van der Waals surface area contributed by atoms with E-state index >= 15 is 0 Å². The van der Waals surface area contributed by atoms with E-state index in [1.165, 1.54) is 0 Å². The summed E-state index contributed by atoms with van der Waals surface area (Å²) in [5.74, 6) is 1.58. The van der Waals surface area contributed by atoms with Crippen LogP contribution in [-0.4, -0.2) is 16.0 Å². The molecule has 0 aliphatic heterocycles. The summed E-state index contributed by atoms with van der Waals surface area (Å²) in [6.07, 6.45) is 4.51. The van der Waals surface area contributed by atoms with Gasteiger partial charge in [0.1, 0.15) is 5.78 Å². The van der Waals surface area contributed by atoms with Gasteiger partial charge < -0.3 is 9.21 Å². The van der Waals surface area contributed by atoms with E-state index in [1.54, 1.807) is 13.8 Å². The first-order chi connectivity index (χ1) is 7.68. The minimum Gasteiger partial charge on any atom is -0.426 e. The van der Waals surface area contributed by atoms with E-state index in [9.17, 15) is 4.79 Å². The molecule has 0 amide bonds. The van der Waals surface area contributed by atoms with Crippen molar-refractivity contribution in [2.75, 3.05) is 0 Å². The number of hydrogen-bond acceptors (Lipinski definition) is 4. The molecule has 0 aliphatic carbocycles. The van der Waals surface area contributed by atoms with Gasteiger partial charge in [-0.1, -0.05) is 20.3 Å². The van der Waals surface area contributed by atoms with Crippen LogP contribution in [0.4, 0.5) is 0 Å². The summed E-state index contributed by atoms with van der Waals surface area (Å²) in [4.78, 5) is 10.6. The molecule has 1 aromatic rings. The molecular formula is C12H22N2O2. The minimum absolute atomic E-state index is 0.263. The lowest BCUT2D eigenvalue weighted by Gasteiger charge is -1.95. The van der Waals surface area contributed by atoms with Crippen LogP contribution in [0.25, 0.3) is 0 Å². The molecule has 0 unspecified atom stereocenters. The Hall–Kier alpha value is -1.19. The molecule has 0 spiro atoms. The Balaban J connectivity index is 0.00000106. The number of nitrogens with zero attached hydrogens (tertiary/aromatic N) is 2. The largest absolute Gasteiger partial charge is 0.426 e. The molecule has 4 nitrogen and oxygen atoms in total. The van der Waals surface area contributed by atoms with Gasteiger partial charge in [0.2, 0.25) is 11.8 Å². The molecule has 0 saturated heterocycles. The van der Waals surface area contributed by atoms with Crippen LogP contribution < -0.4 is 0 Å². The van der Waals surface area contributed by atoms with Gasteiger partial charge in [-0.3, -0.25) is 0 Å². The monoisotopic (exact) mass is 226 g/mol. The van der Waals surface area contributed by atoms with Crippen LogP contribution in [0.2, 0.25) is 0 Å². The molecule has 0 N–H and O–H groups in total. The second-order valence-corrected chi connectivity index (χ2v) is 3.48. The molecule has 0 fully saturated rings. The van der Waals surface area contributed by atoms with E-state index in [1.807, 2.05) is 13.8 Å². The number of ketones is 1. The van der Waals surface area contributed by atoms with Gasteiger partial charge in [-0.15, -0.1) is 10.2 Å². The number of rotatable bonds is 6. The van der Waals surface area contributed by atoms with Gasteiger partial charge in [0, 0.05) is 19.8 Å². The first-order valence-corrected chi connectivity index (χ1v) is 5.97. The van der Waals surface area contributed by atoms with Crippen LogP contribution in [0.5, 0.6) is 0 Å². The highest BCUT2D eigenvalue weighted by molar-refractivity contribution is 5.75. The molecule has 1 aromatic heterocycles. The van der Waals surface area contributed by atoms with E-state index in [2.05, 4.69) is 10.2 Å². The summed E-state index contributed by atoms with van der Waals surface area (Å²) >= 11 is 0. The number of carbonyl (C=O) groups excluding carboxylic acids is 1. The minimum atomic E-state index is 0.263. The molecule has 0 radical (unpaired) electrons. The number of unbranched alkanes of at least 4 members (excludes halogenated alkanes) is 2. The first kappa shape index (κ1) is 14.8. The quantitative estimate of drug-likeness (QED) is 0.699. The van der Waals surface area contributed by atoms with Crippen LogP contribution in [-0.2, 0) is 11.2 Å². The van der Waals surface area contributed by atoms with Crippen molar-refractivity contribution in [1.29, 1.82) is 0 Å². The number of hydrogen-bond donors (Lipinski definition) is 0. The van der Waals surface area contributed by atoms with Crippen molar-refractivity contribution in [2.45, 2.75) is 59.8 Å². The van der Waals surface area contributed by atoms with Crippen molar-refractivity contribution in [3.05, 3.63) is 11.8 Å². The lowest BCUT2D eigenvalue weighted by molar-refractivity contribution is -0.117. The van der Waals surface area contributed by atoms with E-state index < -0.39 is 0 Å². The van der Waals surface area contributed by atoms with E-state index in [0.717, 1.165) is 25.7 Å². The maximum absolute atomic E-state index is 10.6. The van der Waals surface area contributed by atoms with Gasteiger partial charge in [0.05, 0.1) is 0 Å². The zero-order valence-electron chi connectivity index (χ0n) is 10.7. The predicted octanol–water partition coefficient (Wildman–Crippen LogP) is 3.10. The molecule has 0 aliphatic rings. The highest BCUT2D eigenvalue weighted by Crippen LogP contribution is 2.06. The molecule has 0 saturated carbocycles. The molecule has 0 aromatic carbocycles. The average molecular weight is 226 g/mol. The zero-order chi connectivity index (χ0) is 12.4. The molecule has 1 heterocycles. The Bertz CT molecular complexity index is 295. The van der Waals surface area contributed by atoms with Gasteiger partial charge in [-0.25, -0.2) is 0 Å². The molecule has 4 heteroatoms. The zero-order valence-corrected chi connectivity index (χ0v) is 10.7. The van der Waals surface area contributed by atoms with E-state index in [0.29, 0.717) is 18.2 Å². The van der Waals surface area contributed by atoms with Crippen LogP contribution in [0, 0.1) is 6.92 Å². The number of Topliss-reactive ketones (excluding diaryl/α,β-unsaturated/α-hetero) is 1. The number of aromatic nitrogens is 2. The highest BCUT2D eigenvalue weighted by atomic mass is 16.4. The fourth-order valence-electron chi connectivity index (χ4n) is 1.27. The molecule has 16 heavy (non-hydrogen) atoms. The van der Waals surface area contributed by atoms with E-state index in [-0.39, 0.29) is 5.78 Å². The average Bonchev–Trinajstić information content (AvgIpc) is 2.66. The number of carbonyl (C=O) groups is 1. The molecular weight excluding hydrogens is 204 g/mol. The summed E-state index contributed by atoms with van der Waals surface area (Å²) in [5.41, 5.74) is 0. The van der Waals surface area contributed by atoms with E-state index in [4.69, 9.17) is 4.42 Å². The molecule has 92 valence electrons. The van der Waals surface area contributed by atoms with Gasteiger partial charge >= 0.3 is 0 Å². The Kier molecular flexibility index (Phi) is 8.39. The Morgan fingerprint density at radius 3 is 2.38 bits per heavy atom. The lowest BCUT2D eigenvalue weighted by Crippen LogP contribution is -1.91. The third-order valence-corrected chi connectivity index (χ3v) is 1.99. The van der Waals surface area contributed by atoms with Gasteiger partial charge in [-0.2, -0.15) is 0 Å². The normalized spacial score (nSPS) is 9.50. The van der Waals surface area contributed by atoms with Crippen LogP contribution in [0.1, 0.15) is 58.2 Å². The summed E-state index contributed by atoms with van der Waals surface area (Å²) in [6.45, 7) is 7.41. The maximum Gasteiger partial charge on any atom is 0.216 e. The van der Waals surface area contributed by atoms with Crippen LogP contribution in [0.15, 0.2) is 4.42 Å². The number of aryl methyl sites for hydroxylation is 2. The highest BCUT2D eigenvalue weighted by Gasteiger charge is 2.01. The standard InChI is InChI=1S/C10H16N2O2.C2H6/c1-8(13)6-4-3-5-7-10-12-11-9(2)14-10;1-2/h3-7H2,1-2H3;1-2H3. The fourth-order valence-corrected chi connectivity index (χ4v) is 1.27. The Morgan fingerprint density at radius 1 is 1.19 bits per heavy atom. The maximum atomic E-state index is 10.6. The topological polar surface area (TPSA) is 56.0 Å². The molecule has 1 rings (SSSR count). The third-order valence-electron chi connectivity index (χ3n) is 1.99. The van der Waals surface area contributed by atoms with Crippen molar-refractivity contribution >= 4 is 5.78 Å². The Labute approximate surface area is 97.5 Å². The van der Waals surface area contributed by atoms with Crippen LogP contribution in [0.3, 0.4) is 0 Å². The van der Waals surface area contributed by atoms with Crippen molar-refractivity contribution in [3.8, 4) is 0 Å². The van der Waals surface area contributed by atoms with Gasteiger partial charge in [0.15, 0.2) is 0 Å². The molecule has 0 atom stereocenters. The first-order valence-electron chi connectivity index (χ1n) is 5.97. The predicted molar refractivity (Wildman–Crippen MR) is 63.2 cm³/mol.